The van der Waals surface area contributed by atoms with Gasteiger partial charge in [-0.3, -0.25) is 14.4 Å². The van der Waals surface area contributed by atoms with E-state index in [1.165, 1.54) is 24.0 Å². The van der Waals surface area contributed by atoms with Crippen molar-refractivity contribution in [1.82, 2.24) is 35.2 Å². The van der Waals surface area contributed by atoms with Crippen LogP contribution < -0.4 is 20.3 Å². The summed E-state index contributed by atoms with van der Waals surface area (Å²) >= 11 is 0. The lowest BCUT2D eigenvalue weighted by molar-refractivity contribution is 0.0958. The van der Waals surface area contributed by atoms with Crippen molar-refractivity contribution < 1.29 is 18.7 Å². The van der Waals surface area contributed by atoms with E-state index in [-0.39, 0.29) is 23.6 Å². The number of benzene rings is 1. The van der Waals surface area contributed by atoms with Gasteiger partial charge in [-0.2, -0.15) is 5.10 Å². The van der Waals surface area contributed by atoms with E-state index in [1.54, 1.807) is 36.3 Å². The highest BCUT2D eigenvalue weighted by Gasteiger charge is 2.48. The highest BCUT2D eigenvalue weighted by Crippen LogP contribution is 2.38. The molecule has 1 unspecified atom stereocenters. The molecule has 2 N–H and O–H groups in total. The van der Waals surface area contributed by atoms with Gasteiger partial charge in [-0.25, -0.2) is 14.2 Å². The predicted octanol–water partition coefficient (Wildman–Crippen LogP) is 1.74. The number of alkyl halides is 1. The van der Waals surface area contributed by atoms with E-state index in [0.717, 1.165) is 0 Å². The highest BCUT2D eigenvalue weighted by atomic mass is 19.1. The van der Waals surface area contributed by atoms with E-state index in [1.807, 2.05) is 6.07 Å². The molecule has 1 aromatic carbocycles. The molecule has 3 heterocycles. The van der Waals surface area contributed by atoms with Crippen molar-refractivity contribution in [3.8, 4) is 17.1 Å². The van der Waals surface area contributed by atoms with Gasteiger partial charge in [0.25, 0.3) is 5.91 Å². The Balaban J connectivity index is 1.50. The molecule has 2 aliphatic rings. The van der Waals surface area contributed by atoms with Crippen LogP contribution in [-0.4, -0.2) is 81.3 Å². The molecule has 1 aliphatic heterocycles. The van der Waals surface area contributed by atoms with Crippen LogP contribution in [0.3, 0.4) is 0 Å². The van der Waals surface area contributed by atoms with E-state index < -0.39 is 12.1 Å². The quantitative estimate of drug-likeness (QED) is 0.522. The van der Waals surface area contributed by atoms with Gasteiger partial charge in [0.2, 0.25) is 0 Å². The number of halogens is 1. The van der Waals surface area contributed by atoms with Gasteiger partial charge in [-0.05, 0) is 12.1 Å². The Morgan fingerprint density at radius 3 is 2.69 bits per heavy atom. The standard InChI is InChI=1S/C22H24FN9O3/c1-24-21(33)18-15(10-17(27-28-18)32-8-7-31(22(32)34)16-9-13(16)23)26-14-6-4-5-12(19(14)35-3)20-25-11-30(2)29-20/h4-6,10-11,13,16H,7-9H2,1-3H3,(H,24,33)(H,26,27)/t13-,16?/m0/s1. The number of amides is 3. The van der Waals surface area contributed by atoms with Crippen LogP contribution in [0.25, 0.3) is 11.4 Å². The van der Waals surface area contributed by atoms with Gasteiger partial charge >= 0.3 is 6.03 Å². The molecular formula is C22H24FN9O3. The average molecular weight is 481 g/mol. The summed E-state index contributed by atoms with van der Waals surface area (Å²) in [4.78, 5) is 32.6. The number of hydrogen-bond acceptors (Lipinski definition) is 8. The molecule has 35 heavy (non-hydrogen) atoms. The van der Waals surface area contributed by atoms with Crippen molar-refractivity contribution in [2.24, 2.45) is 7.05 Å². The summed E-state index contributed by atoms with van der Waals surface area (Å²) < 4.78 is 20.8. The van der Waals surface area contributed by atoms with Gasteiger partial charge in [0.15, 0.2) is 23.1 Å². The smallest absolute Gasteiger partial charge is 0.326 e. The molecule has 182 valence electrons. The van der Waals surface area contributed by atoms with Crippen molar-refractivity contribution in [3.63, 3.8) is 0 Å². The third kappa shape index (κ3) is 4.09. The monoisotopic (exact) mass is 481 g/mol. The number of hydrogen-bond donors (Lipinski definition) is 2. The first kappa shape index (κ1) is 22.5. The first-order valence-corrected chi connectivity index (χ1v) is 11.0. The van der Waals surface area contributed by atoms with Crippen molar-refractivity contribution >= 4 is 29.1 Å². The zero-order chi connectivity index (χ0) is 24.7. The number of rotatable bonds is 7. The van der Waals surface area contributed by atoms with Crippen molar-refractivity contribution in [2.75, 3.05) is 37.5 Å². The summed E-state index contributed by atoms with van der Waals surface area (Å²) in [6.45, 7) is 0.748. The second-order valence-electron chi connectivity index (χ2n) is 8.24. The largest absolute Gasteiger partial charge is 0.494 e. The van der Waals surface area contributed by atoms with Crippen LogP contribution in [0.2, 0.25) is 0 Å². The second-order valence-corrected chi connectivity index (χ2v) is 8.24. The maximum atomic E-state index is 13.5. The number of carbonyl (C=O) groups is 2. The lowest BCUT2D eigenvalue weighted by Gasteiger charge is -2.19. The maximum absolute atomic E-state index is 13.5. The lowest BCUT2D eigenvalue weighted by atomic mass is 10.1. The molecule has 0 spiro atoms. The van der Waals surface area contributed by atoms with Gasteiger partial charge in [0.1, 0.15) is 12.5 Å². The van der Waals surface area contributed by atoms with Gasteiger partial charge < -0.3 is 20.3 Å². The van der Waals surface area contributed by atoms with Gasteiger partial charge in [-0.1, -0.05) is 6.07 Å². The third-order valence-corrected chi connectivity index (χ3v) is 5.95. The number of anilines is 3. The van der Waals surface area contributed by atoms with Gasteiger partial charge in [0.05, 0.1) is 30.1 Å². The number of nitrogens with zero attached hydrogens (tertiary/aromatic N) is 7. The van der Waals surface area contributed by atoms with Gasteiger partial charge in [0, 0.05) is 39.7 Å². The summed E-state index contributed by atoms with van der Waals surface area (Å²) in [5, 5.41) is 18.3. The van der Waals surface area contributed by atoms with E-state index in [2.05, 4.69) is 30.9 Å². The summed E-state index contributed by atoms with van der Waals surface area (Å²) in [6.07, 6.45) is 0.960. The molecule has 3 aromatic rings. The van der Waals surface area contributed by atoms with E-state index in [9.17, 15) is 14.0 Å². The van der Waals surface area contributed by atoms with Gasteiger partial charge in [-0.15, -0.1) is 10.2 Å². The van der Waals surface area contributed by atoms with Crippen molar-refractivity contribution in [3.05, 3.63) is 36.3 Å². The Morgan fingerprint density at radius 1 is 1.23 bits per heavy atom. The molecule has 1 saturated heterocycles. The molecule has 3 amide bonds. The molecule has 2 fully saturated rings. The Labute approximate surface area is 200 Å². The fourth-order valence-corrected chi connectivity index (χ4v) is 4.08. The molecule has 0 radical (unpaired) electrons. The second kappa shape index (κ2) is 8.81. The zero-order valence-electron chi connectivity index (χ0n) is 19.4. The zero-order valence-corrected chi connectivity index (χ0v) is 19.4. The number of nitrogens with one attached hydrogen (secondary N) is 2. The number of aryl methyl sites for hydroxylation is 1. The molecular weight excluding hydrogens is 457 g/mol. The fourth-order valence-electron chi connectivity index (χ4n) is 4.08. The molecule has 13 heteroatoms. The number of ether oxygens (including phenoxy) is 1. The van der Waals surface area contributed by atoms with Crippen LogP contribution >= 0.6 is 0 Å². The number of carbonyl (C=O) groups excluding carboxylic acids is 2. The fraction of sp³-hybridized carbons (Fsp3) is 0.364. The Kier molecular flexibility index (Phi) is 5.67. The minimum Gasteiger partial charge on any atom is -0.494 e. The number of para-hydroxylation sites is 1. The van der Waals surface area contributed by atoms with Crippen LogP contribution in [-0.2, 0) is 7.05 Å². The number of methoxy groups -OCH3 is 1. The molecule has 2 aromatic heterocycles. The van der Waals surface area contributed by atoms with Crippen LogP contribution in [0.4, 0.5) is 26.4 Å². The summed E-state index contributed by atoms with van der Waals surface area (Å²) in [7, 11) is 4.78. The molecule has 1 aliphatic carbocycles. The molecule has 5 rings (SSSR count). The minimum absolute atomic E-state index is 0.0363. The van der Waals surface area contributed by atoms with E-state index >= 15 is 0 Å². The van der Waals surface area contributed by atoms with Crippen LogP contribution in [0, 0.1) is 0 Å². The first-order chi connectivity index (χ1) is 16.9. The number of aromatic nitrogens is 5. The van der Waals surface area contributed by atoms with Crippen molar-refractivity contribution in [2.45, 2.75) is 18.6 Å². The average Bonchev–Trinajstić information content (AvgIpc) is 3.23. The van der Waals surface area contributed by atoms with E-state index in [4.69, 9.17) is 4.74 Å². The normalized spacial score (nSPS) is 19.1. The lowest BCUT2D eigenvalue weighted by Crippen LogP contribution is -2.35. The topological polar surface area (TPSA) is 130 Å². The van der Waals surface area contributed by atoms with Crippen LogP contribution in [0.5, 0.6) is 5.75 Å². The maximum Gasteiger partial charge on any atom is 0.326 e. The van der Waals surface area contributed by atoms with E-state index in [0.29, 0.717) is 48.0 Å². The molecule has 0 bridgehead atoms. The van der Waals surface area contributed by atoms with Crippen molar-refractivity contribution in [1.29, 1.82) is 0 Å². The number of urea groups is 1. The third-order valence-electron chi connectivity index (χ3n) is 5.95. The Morgan fingerprint density at radius 2 is 2.03 bits per heavy atom. The summed E-state index contributed by atoms with van der Waals surface area (Å²) in [6, 6.07) is 6.26. The van der Waals surface area contributed by atoms with Crippen LogP contribution in [0.15, 0.2) is 30.6 Å². The SMILES string of the molecule is CNC(=O)c1nnc(N2CCN(C3C[C@@H]3F)C2=O)cc1Nc1cccc(-c2ncn(C)n2)c1OC. The molecule has 2 atom stereocenters. The summed E-state index contributed by atoms with van der Waals surface area (Å²) in [5.41, 5.74) is 1.54. The molecule has 1 saturated carbocycles. The first-order valence-electron chi connectivity index (χ1n) is 11.0. The Bertz CT molecular complexity index is 1300. The predicted molar refractivity (Wildman–Crippen MR) is 124 cm³/mol. The summed E-state index contributed by atoms with van der Waals surface area (Å²) in [5.74, 6) is 0.735. The molecule has 12 nitrogen and oxygen atoms in total. The van der Waals surface area contributed by atoms with Crippen LogP contribution in [0.1, 0.15) is 16.9 Å². The Hall–Kier alpha value is -4.29. The minimum atomic E-state index is -0.980. The highest BCUT2D eigenvalue weighted by molar-refractivity contribution is 6.00.